The number of Topliss-reactive ketones (excluding diaryl/α,β-unsaturated/α-hetero) is 1. The molecule has 2 aromatic carbocycles. The molecule has 0 N–H and O–H groups in total. The summed E-state index contributed by atoms with van der Waals surface area (Å²) in [4.78, 5) is 14.6. The maximum atomic E-state index is 12.9. The average molecular weight is 327 g/mol. The summed E-state index contributed by atoms with van der Waals surface area (Å²) in [5.74, 6) is 0.651. The first-order chi connectivity index (χ1) is 11.6. The fraction of sp³-hybridized carbons (Fsp3) is 0.350. The minimum absolute atomic E-state index is 0.157. The Morgan fingerprint density at radius 2 is 1.83 bits per heavy atom. The molecule has 0 saturated carbocycles. The van der Waals surface area contributed by atoms with Gasteiger partial charge < -0.3 is 4.74 Å². The highest BCUT2D eigenvalue weighted by molar-refractivity contribution is 5.98. The minimum atomic E-state index is -0.254. The van der Waals surface area contributed by atoms with Crippen molar-refractivity contribution in [1.29, 1.82) is 0 Å². The number of nitrogens with zero attached hydrogens (tertiary/aromatic N) is 1. The van der Waals surface area contributed by atoms with E-state index in [1.807, 2.05) is 25.1 Å². The number of likely N-dealkylation sites (tertiary alicyclic amines) is 1. The number of benzene rings is 2. The number of rotatable bonds is 6. The van der Waals surface area contributed by atoms with Crippen molar-refractivity contribution in [3.8, 4) is 5.75 Å². The highest BCUT2D eigenvalue weighted by atomic mass is 19.1. The van der Waals surface area contributed by atoms with Gasteiger partial charge in [0.05, 0.1) is 6.54 Å². The molecule has 0 bridgehead atoms. The molecular weight excluding hydrogens is 305 g/mol. The van der Waals surface area contributed by atoms with E-state index in [-0.39, 0.29) is 11.6 Å². The van der Waals surface area contributed by atoms with E-state index < -0.39 is 0 Å². The topological polar surface area (TPSA) is 29.5 Å². The largest absolute Gasteiger partial charge is 0.489 e. The van der Waals surface area contributed by atoms with Crippen LogP contribution in [0.15, 0.2) is 42.5 Å². The van der Waals surface area contributed by atoms with E-state index in [4.69, 9.17) is 4.74 Å². The highest BCUT2D eigenvalue weighted by Gasteiger charge is 2.16. The second kappa shape index (κ2) is 7.58. The van der Waals surface area contributed by atoms with E-state index in [9.17, 15) is 9.18 Å². The van der Waals surface area contributed by atoms with Crippen LogP contribution in [0.3, 0.4) is 0 Å². The second-order valence-corrected chi connectivity index (χ2v) is 6.30. The van der Waals surface area contributed by atoms with Gasteiger partial charge in [0.25, 0.3) is 0 Å². The summed E-state index contributed by atoms with van der Waals surface area (Å²) >= 11 is 0. The summed E-state index contributed by atoms with van der Waals surface area (Å²) in [5, 5.41) is 0. The smallest absolute Gasteiger partial charge is 0.176 e. The summed E-state index contributed by atoms with van der Waals surface area (Å²) < 4.78 is 18.7. The van der Waals surface area contributed by atoms with Crippen molar-refractivity contribution >= 4 is 5.78 Å². The first-order valence-electron chi connectivity index (χ1n) is 8.35. The summed E-state index contributed by atoms with van der Waals surface area (Å²) in [6.45, 7) is 4.84. The normalized spacial score (nSPS) is 14.8. The molecule has 1 fully saturated rings. The fourth-order valence-corrected chi connectivity index (χ4v) is 2.96. The lowest BCUT2D eigenvalue weighted by Crippen LogP contribution is -2.26. The third kappa shape index (κ3) is 4.20. The van der Waals surface area contributed by atoms with Gasteiger partial charge in [-0.2, -0.15) is 0 Å². The Balaban J connectivity index is 1.61. The Labute approximate surface area is 142 Å². The first-order valence-corrected chi connectivity index (χ1v) is 8.35. The lowest BCUT2D eigenvalue weighted by atomic mass is 10.1. The average Bonchev–Trinajstić information content (AvgIpc) is 3.08. The van der Waals surface area contributed by atoms with Crippen molar-refractivity contribution < 1.29 is 13.9 Å². The quantitative estimate of drug-likeness (QED) is 0.751. The van der Waals surface area contributed by atoms with Crippen LogP contribution in [0, 0.1) is 12.7 Å². The lowest BCUT2D eigenvalue weighted by Gasteiger charge is -2.14. The molecular formula is C20H22FNO2. The van der Waals surface area contributed by atoms with E-state index in [1.54, 1.807) is 12.1 Å². The van der Waals surface area contributed by atoms with Crippen LogP contribution in [0.5, 0.6) is 5.75 Å². The fourth-order valence-electron chi connectivity index (χ4n) is 2.96. The number of ether oxygens (including phenoxy) is 1. The van der Waals surface area contributed by atoms with Gasteiger partial charge in [0.15, 0.2) is 5.78 Å². The van der Waals surface area contributed by atoms with E-state index >= 15 is 0 Å². The molecule has 0 radical (unpaired) electrons. The Morgan fingerprint density at radius 1 is 1.12 bits per heavy atom. The number of carbonyl (C=O) groups excluding carboxylic acids is 1. The third-order valence-corrected chi connectivity index (χ3v) is 4.37. The monoisotopic (exact) mass is 327 g/mol. The third-order valence-electron chi connectivity index (χ3n) is 4.37. The van der Waals surface area contributed by atoms with Crippen LogP contribution in [-0.4, -0.2) is 30.3 Å². The molecule has 0 aromatic heterocycles. The molecule has 126 valence electrons. The minimum Gasteiger partial charge on any atom is -0.489 e. The van der Waals surface area contributed by atoms with Crippen molar-refractivity contribution in [1.82, 2.24) is 4.90 Å². The number of hydrogen-bond acceptors (Lipinski definition) is 3. The van der Waals surface area contributed by atoms with Crippen LogP contribution >= 0.6 is 0 Å². The van der Waals surface area contributed by atoms with Gasteiger partial charge >= 0.3 is 0 Å². The number of carbonyl (C=O) groups is 1. The molecule has 0 aliphatic carbocycles. The van der Waals surface area contributed by atoms with Crippen LogP contribution in [-0.2, 0) is 6.61 Å². The Bertz CT molecular complexity index is 706. The molecule has 0 atom stereocenters. The lowest BCUT2D eigenvalue weighted by molar-refractivity contribution is 0.0945. The van der Waals surface area contributed by atoms with E-state index in [2.05, 4.69) is 4.90 Å². The molecule has 2 aromatic rings. The van der Waals surface area contributed by atoms with Gasteiger partial charge in [0.1, 0.15) is 18.2 Å². The number of hydrogen-bond donors (Lipinski definition) is 0. The maximum absolute atomic E-state index is 12.9. The van der Waals surface area contributed by atoms with Gasteiger partial charge in [-0.3, -0.25) is 9.69 Å². The van der Waals surface area contributed by atoms with Crippen molar-refractivity contribution in [3.05, 3.63) is 65.0 Å². The molecule has 3 nitrogen and oxygen atoms in total. The van der Waals surface area contributed by atoms with Gasteiger partial charge in [-0.15, -0.1) is 0 Å². The number of ketones is 1. The molecule has 1 heterocycles. The predicted octanol–water partition coefficient (Wildman–Crippen LogP) is 3.99. The summed E-state index contributed by atoms with van der Waals surface area (Å²) in [7, 11) is 0. The summed E-state index contributed by atoms with van der Waals surface area (Å²) in [6.07, 6.45) is 2.37. The van der Waals surface area contributed by atoms with Crippen LogP contribution in [0.2, 0.25) is 0 Å². The molecule has 4 heteroatoms. The molecule has 0 amide bonds. The Hall–Kier alpha value is -2.20. The molecule has 1 aliphatic rings. The first kappa shape index (κ1) is 16.7. The molecule has 1 saturated heterocycles. The van der Waals surface area contributed by atoms with Crippen LogP contribution in [0.4, 0.5) is 4.39 Å². The Kier molecular flexibility index (Phi) is 5.26. The maximum Gasteiger partial charge on any atom is 0.176 e. The van der Waals surface area contributed by atoms with Crippen molar-refractivity contribution in [2.24, 2.45) is 0 Å². The molecule has 3 rings (SSSR count). The predicted molar refractivity (Wildman–Crippen MR) is 91.9 cm³/mol. The second-order valence-electron chi connectivity index (χ2n) is 6.30. The van der Waals surface area contributed by atoms with Gasteiger partial charge in [0, 0.05) is 5.56 Å². The van der Waals surface area contributed by atoms with Crippen molar-refractivity contribution in [3.63, 3.8) is 0 Å². The number of halogens is 1. The molecule has 0 spiro atoms. The van der Waals surface area contributed by atoms with Crippen LogP contribution < -0.4 is 4.74 Å². The van der Waals surface area contributed by atoms with Gasteiger partial charge in [-0.25, -0.2) is 4.39 Å². The zero-order chi connectivity index (χ0) is 16.9. The van der Waals surface area contributed by atoms with E-state index in [0.29, 0.717) is 13.2 Å². The van der Waals surface area contributed by atoms with E-state index in [0.717, 1.165) is 35.5 Å². The van der Waals surface area contributed by atoms with Gasteiger partial charge in [-0.1, -0.05) is 12.1 Å². The molecule has 1 aliphatic heterocycles. The summed E-state index contributed by atoms with van der Waals surface area (Å²) in [6, 6.07) is 11.8. The zero-order valence-electron chi connectivity index (χ0n) is 13.9. The van der Waals surface area contributed by atoms with Crippen molar-refractivity contribution in [2.45, 2.75) is 26.4 Å². The van der Waals surface area contributed by atoms with Crippen molar-refractivity contribution in [2.75, 3.05) is 19.6 Å². The van der Waals surface area contributed by atoms with Gasteiger partial charge in [-0.05, 0) is 74.3 Å². The highest BCUT2D eigenvalue weighted by Crippen LogP contribution is 2.21. The van der Waals surface area contributed by atoms with Gasteiger partial charge in [0.2, 0.25) is 0 Å². The SMILES string of the molecule is Cc1cc(C(=O)CN2CCCC2)ccc1OCc1ccc(F)cc1. The van der Waals surface area contributed by atoms with Crippen LogP contribution in [0.1, 0.15) is 34.3 Å². The van der Waals surface area contributed by atoms with E-state index in [1.165, 1.54) is 25.0 Å². The Morgan fingerprint density at radius 3 is 2.50 bits per heavy atom. The molecule has 0 unspecified atom stereocenters. The summed E-state index contributed by atoms with van der Waals surface area (Å²) in [5.41, 5.74) is 2.57. The standard InChI is InChI=1S/C20H22FNO2/c1-15-12-17(19(23)13-22-10-2-3-11-22)6-9-20(15)24-14-16-4-7-18(21)8-5-16/h4-9,12H,2-3,10-11,13-14H2,1H3. The zero-order valence-corrected chi connectivity index (χ0v) is 13.9. The number of aryl methyl sites for hydroxylation is 1. The van der Waals surface area contributed by atoms with Crippen LogP contribution in [0.25, 0.3) is 0 Å². The molecule has 24 heavy (non-hydrogen) atoms.